The van der Waals surface area contributed by atoms with Crippen LogP contribution in [0, 0.1) is 0 Å². The first-order valence-corrected chi connectivity index (χ1v) is 28.3. The topological polar surface area (TPSA) is 21.3 Å². The van der Waals surface area contributed by atoms with Crippen molar-refractivity contribution in [3.05, 3.63) is 326 Å². The molecule has 82 heavy (non-hydrogen) atoms. The van der Waals surface area contributed by atoms with Crippen molar-refractivity contribution in [2.45, 2.75) is 5.41 Å². The maximum atomic E-state index is 6.63. The first kappa shape index (κ1) is 46.2. The van der Waals surface area contributed by atoms with Crippen LogP contribution in [-0.4, -0.2) is 4.57 Å². The molecular weight excluding hydrogens is 993 g/mol. The van der Waals surface area contributed by atoms with Gasteiger partial charge in [-0.2, -0.15) is 0 Å². The van der Waals surface area contributed by atoms with Crippen molar-refractivity contribution in [1.82, 2.24) is 4.57 Å². The Morgan fingerprint density at radius 3 is 1.43 bits per heavy atom. The van der Waals surface area contributed by atoms with Crippen molar-refractivity contribution in [3.8, 4) is 72.4 Å². The summed E-state index contributed by atoms with van der Waals surface area (Å²) in [5.74, 6) is 0. The van der Waals surface area contributed by atoms with E-state index in [-0.39, 0.29) is 0 Å². The molecule has 2 heterocycles. The molecule has 2 aliphatic carbocycles. The zero-order valence-electron chi connectivity index (χ0n) is 44.7. The lowest BCUT2D eigenvalue weighted by Crippen LogP contribution is -2.25. The molecule has 3 nitrogen and oxygen atoms in total. The highest BCUT2D eigenvalue weighted by atomic mass is 16.3. The van der Waals surface area contributed by atoms with Crippen LogP contribution in [0.25, 0.3) is 116 Å². The van der Waals surface area contributed by atoms with Crippen LogP contribution >= 0.6 is 0 Å². The van der Waals surface area contributed by atoms with Gasteiger partial charge in [0.05, 0.1) is 16.4 Å². The van der Waals surface area contributed by atoms with E-state index in [1.54, 1.807) is 0 Å². The molecule has 15 aromatic rings. The van der Waals surface area contributed by atoms with Crippen molar-refractivity contribution >= 4 is 60.8 Å². The molecule has 0 unspecified atom stereocenters. The third-order valence-electron chi connectivity index (χ3n) is 17.6. The Bertz CT molecular complexity index is 4960. The molecule has 0 saturated carbocycles. The molecule has 1 spiro atoms. The van der Waals surface area contributed by atoms with Gasteiger partial charge in [-0.05, 0) is 174 Å². The van der Waals surface area contributed by atoms with E-state index in [1.807, 2.05) is 0 Å². The minimum absolute atomic E-state index is 0.397. The normalized spacial score (nSPS) is 12.7. The number of anilines is 3. The number of benzene rings is 13. The third-order valence-corrected chi connectivity index (χ3v) is 17.6. The number of hydrogen-bond acceptors (Lipinski definition) is 2. The fraction of sp³-hybridized carbons (Fsp3) is 0.0127. The van der Waals surface area contributed by atoms with Gasteiger partial charge < -0.3 is 13.9 Å². The van der Waals surface area contributed by atoms with Gasteiger partial charge in [-0.25, -0.2) is 0 Å². The summed E-state index contributed by atoms with van der Waals surface area (Å²) in [6.07, 6.45) is 0. The summed E-state index contributed by atoms with van der Waals surface area (Å²) in [7, 11) is 0. The minimum atomic E-state index is -0.397. The average Bonchev–Trinajstić information content (AvgIpc) is 3.09. The number of fused-ring (bicyclic) bond motifs is 16. The van der Waals surface area contributed by atoms with E-state index in [9.17, 15) is 0 Å². The van der Waals surface area contributed by atoms with Crippen LogP contribution in [0.3, 0.4) is 0 Å². The van der Waals surface area contributed by atoms with E-state index in [1.165, 1.54) is 94.1 Å². The van der Waals surface area contributed by atoms with Gasteiger partial charge >= 0.3 is 0 Å². The molecule has 17 rings (SSSR count). The zero-order valence-corrected chi connectivity index (χ0v) is 44.7. The fourth-order valence-electron chi connectivity index (χ4n) is 14.1. The van der Waals surface area contributed by atoms with Gasteiger partial charge in [-0.15, -0.1) is 0 Å². The van der Waals surface area contributed by atoms with Crippen molar-refractivity contribution < 1.29 is 4.42 Å². The maximum absolute atomic E-state index is 6.63. The van der Waals surface area contributed by atoms with Crippen LogP contribution in [0.15, 0.2) is 308 Å². The maximum Gasteiger partial charge on any atom is 0.136 e. The first-order chi connectivity index (χ1) is 40.7. The number of aromatic nitrogens is 1. The minimum Gasteiger partial charge on any atom is -0.456 e. The van der Waals surface area contributed by atoms with Gasteiger partial charge in [0, 0.05) is 44.3 Å². The highest BCUT2D eigenvalue weighted by Crippen LogP contribution is 2.64. The van der Waals surface area contributed by atoms with Crippen molar-refractivity contribution in [3.63, 3.8) is 0 Å². The van der Waals surface area contributed by atoms with E-state index in [0.29, 0.717) is 0 Å². The SMILES string of the molecule is c1ccc(-c2ccc(N(c3ccc(-c4cccc5c4-c4ccccc4C54c5ccccc5-c5ccccc54)cc3)c3ccc(-c4cccc5oc6ccc(-c7ccc8c(c7)c7ccccc7n8-c7ccccc7)cc6c45)cc3)cc2)cc1. The standard InChI is InChI=1S/C79H50N2O/c1-3-17-51(18-4-1)52-33-41-58(42-34-52)80(59-43-35-53(36-44-59)61-25-15-30-72-77(61)66-24-9-13-29-71(66)79(72)69-27-11-7-21-63(69)64-22-8-12-28-70(64)79)60-45-37-54(38-46-60)62-26-16-32-76-78(62)68-50-56(40-48-75(68)82-76)55-39-47-74-67(49-55)65-23-10-14-31-73(65)81(74)57-19-5-2-6-20-57/h1-50H. The predicted octanol–water partition coefficient (Wildman–Crippen LogP) is 21.2. The molecule has 0 atom stereocenters. The lowest BCUT2D eigenvalue weighted by atomic mass is 9.70. The number of furan rings is 1. The molecule has 0 bridgehead atoms. The summed E-state index contributed by atoms with van der Waals surface area (Å²) < 4.78 is 9.00. The molecule has 0 aliphatic heterocycles. The lowest BCUT2D eigenvalue weighted by molar-refractivity contribution is 0.669. The molecule has 13 aromatic carbocycles. The third kappa shape index (κ3) is 6.84. The molecule has 0 amide bonds. The monoisotopic (exact) mass is 1040 g/mol. The molecule has 2 aliphatic rings. The quantitative estimate of drug-likeness (QED) is 0.151. The number of hydrogen-bond donors (Lipinski definition) is 0. The van der Waals surface area contributed by atoms with Crippen LogP contribution in [0.5, 0.6) is 0 Å². The fourth-order valence-corrected chi connectivity index (χ4v) is 14.1. The summed E-state index contributed by atoms with van der Waals surface area (Å²) in [4.78, 5) is 2.38. The Morgan fingerprint density at radius 2 is 0.744 bits per heavy atom. The van der Waals surface area contributed by atoms with Gasteiger partial charge in [0.25, 0.3) is 0 Å². The van der Waals surface area contributed by atoms with Gasteiger partial charge in [-0.1, -0.05) is 218 Å². The van der Waals surface area contributed by atoms with E-state index in [0.717, 1.165) is 61.4 Å². The second-order valence-electron chi connectivity index (χ2n) is 21.9. The van der Waals surface area contributed by atoms with Gasteiger partial charge in [0.1, 0.15) is 11.2 Å². The molecule has 0 fully saturated rings. The molecule has 382 valence electrons. The average molecular weight is 1040 g/mol. The largest absolute Gasteiger partial charge is 0.456 e. The highest BCUT2D eigenvalue weighted by Gasteiger charge is 2.52. The van der Waals surface area contributed by atoms with Crippen LogP contribution in [0.4, 0.5) is 17.1 Å². The summed E-state index contributed by atoms with van der Waals surface area (Å²) >= 11 is 0. The van der Waals surface area contributed by atoms with Crippen LogP contribution in [0.1, 0.15) is 22.3 Å². The highest BCUT2D eigenvalue weighted by molar-refractivity contribution is 6.14. The molecule has 0 N–H and O–H groups in total. The van der Waals surface area contributed by atoms with E-state index in [4.69, 9.17) is 4.42 Å². The molecule has 0 saturated heterocycles. The van der Waals surface area contributed by atoms with Gasteiger partial charge in [-0.3, -0.25) is 0 Å². The molecule has 2 aromatic heterocycles. The Hall–Kier alpha value is -10.7. The Morgan fingerprint density at radius 1 is 0.280 bits per heavy atom. The predicted molar refractivity (Wildman–Crippen MR) is 341 cm³/mol. The summed E-state index contributed by atoms with van der Waals surface area (Å²) in [6, 6.07) is 111. The Balaban J connectivity index is 0.755. The zero-order chi connectivity index (χ0) is 53.9. The second-order valence-corrected chi connectivity index (χ2v) is 21.9. The van der Waals surface area contributed by atoms with Gasteiger partial charge in [0.15, 0.2) is 0 Å². The molecule has 3 heteroatoms. The van der Waals surface area contributed by atoms with Crippen LogP contribution in [-0.2, 0) is 5.41 Å². The van der Waals surface area contributed by atoms with E-state index in [2.05, 4.69) is 313 Å². The van der Waals surface area contributed by atoms with Crippen molar-refractivity contribution in [1.29, 1.82) is 0 Å². The van der Waals surface area contributed by atoms with Gasteiger partial charge in [0.2, 0.25) is 0 Å². The molecule has 0 radical (unpaired) electrons. The number of rotatable bonds is 8. The summed E-state index contributed by atoms with van der Waals surface area (Å²) in [5, 5.41) is 4.68. The van der Waals surface area contributed by atoms with Crippen LogP contribution < -0.4 is 4.90 Å². The first-order valence-electron chi connectivity index (χ1n) is 28.3. The van der Waals surface area contributed by atoms with Crippen molar-refractivity contribution in [2.24, 2.45) is 0 Å². The smallest absolute Gasteiger partial charge is 0.136 e. The van der Waals surface area contributed by atoms with E-state index >= 15 is 0 Å². The van der Waals surface area contributed by atoms with Crippen molar-refractivity contribution in [2.75, 3.05) is 4.90 Å². The van der Waals surface area contributed by atoms with Crippen LogP contribution in [0.2, 0.25) is 0 Å². The Labute approximate surface area is 475 Å². The van der Waals surface area contributed by atoms with E-state index < -0.39 is 5.41 Å². The second kappa shape index (κ2) is 18.2. The lowest BCUT2D eigenvalue weighted by Gasteiger charge is -2.30. The summed E-state index contributed by atoms with van der Waals surface area (Å²) in [5.41, 5.74) is 28.1. The number of para-hydroxylation sites is 2. The Kier molecular flexibility index (Phi) is 10.2. The summed E-state index contributed by atoms with van der Waals surface area (Å²) in [6.45, 7) is 0. The molecular formula is C79H50N2O. The number of nitrogens with zero attached hydrogens (tertiary/aromatic N) is 2.